The summed E-state index contributed by atoms with van der Waals surface area (Å²) >= 11 is 6.27. The van der Waals surface area contributed by atoms with Gasteiger partial charge in [0.25, 0.3) is 0 Å². The Kier molecular flexibility index (Phi) is 3.00. The number of halogens is 1. The van der Waals surface area contributed by atoms with Crippen LogP contribution in [-0.2, 0) is 0 Å². The molecule has 4 rings (SSSR count). The van der Waals surface area contributed by atoms with Gasteiger partial charge in [-0.1, -0.05) is 23.8 Å². The van der Waals surface area contributed by atoms with E-state index < -0.39 is 0 Å². The summed E-state index contributed by atoms with van der Waals surface area (Å²) in [6.07, 6.45) is 9.50. The zero-order valence-corrected chi connectivity index (χ0v) is 12.6. The van der Waals surface area contributed by atoms with Crippen LogP contribution in [0.4, 0.5) is 5.69 Å². The number of fused-ring (bicyclic) bond motifs is 3. The van der Waals surface area contributed by atoms with Crippen molar-refractivity contribution in [1.29, 1.82) is 0 Å². The molecule has 2 heterocycles. The van der Waals surface area contributed by atoms with Gasteiger partial charge in [0.2, 0.25) is 0 Å². The minimum Gasteiger partial charge on any atom is -0.377 e. The molecule has 1 aromatic carbocycles. The van der Waals surface area contributed by atoms with E-state index in [2.05, 4.69) is 47.6 Å². The molecule has 0 fully saturated rings. The van der Waals surface area contributed by atoms with Crippen molar-refractivity contribution in [3.63, 3.8) is 0 Å². The summed E-state index contributed by atoms with van der Waals surface area (Å²) in [6, 6.07) is 8.72. The molecule has 2 aliphatic rings. The number of nitrogens with zero attached hydrogens (tertiary/aromatic N) is 1. The number of aromatic nitrogens is 1. The van der Waals surface area contributed by atoms with E-state index in [1.54, 1.807) is 0 Å². The van der Waals surface area contributed by atoms with Crippen molar-refractivity contribution in [2.24, 2.45) is 5.92 Å². The van der Waals surface area contributed by atoms with Gasteiger partial charge in [0, 0.05) is 29.0 Å². The third kappa shape index (κ3) is 2.06. The first-order valence-corrected chi connectivity index (χ1v) is 7.75. The minimum absolute atomic E-state index is 0.334. The maximum absolute atomic E-state index is 6.27. The Morgan fingerprint density at radius 3 is 2.86 bits per heavy atom. The van der Waals surface area contributed by atoms with Gasteiger partial charge in [0.1, 0.15) is 0 Å². The Labute approximate surface area is 129 Å². The van der Waals surface area contributed by atoms with Crippen LogP contribution < -0.4 is 5.32 Å². The van der Waals surface area contributed by atoms with E-state index in [0.29, 0.717) is 17.9 Å². The molecule has 0 saturated carbocycles. The molecule has 0 spiro atoms. The van der Waals surface area contributed by atoms with E-state index in [-0.39, 0.29) is 0 Å². The van der Waals surface area contributed by atoms with Gasteiger partial charge in [-0.05, 0) is 60.2 Å². The number of hydrogen-bond acceptors (Lipinski definition) is 2. The fourth-order valence-electron chi connectivity index (χ4n) is 3.74. The van der Waals surface area contributed by atoms with Crippen LogP contribution in [0, 0.1) is 12.8 Å². The predicted molar refractivity (Wildman–Crippen MR) is 86.8 cm³/mol. The standard InChI is InChI=1S/C18H17ClN2/c1-11-9-13(19)10-16-14-3-2-4-15(14)18(21-17(11)16)12-5-7-20-8-6-12/h2-3,5-10,14-15,18,21H,4H2,1H3/t14-,15-,18+/m0/s1. The average molecular weight is 297 g/mol. The van der Waals surface area contributed by atoms with Crippen LogP contribution in [0.25, 0.3) is 0 Å². The fourth-order valence-corrected chi connectivity index (χ4v) is 4.02. The topological polar surface area (TPSA) is 24.9 Å². The van der Waals surface area contributed by atoms with Crippen molar-refractivity contribution in [2.75, 3.05) is 5.32 Å². The number of aryl methyl sites for hydroxylation is 1. The quantitative estimate of drug-likeness (QED) is 0.759. The number of anilines is 1. The van der Waals surface area contributed by atoms with Gasteiger partial charge in [-0.3, -0.25) is 4.98 Å². The highest BCUT2D eigenvalue weighted by molar-refractivity contribution is 6.30. The molecular weight excluding hydrogens is 280 g/mol. The maximum atomic E-state index is 6.27. The number of benzene rings is 1. The first-order valence-electron chi connectivity index (χ1n) is 7.37. The molecule has 0 saturated heterocycles. The molecule has 1 aromatic heterocycles. The largest absolute Gasteiger partial charge is 0.377 e. The van der Waals surface area contributed by atoms with Gasteiger partial charge in [0.05, 0.1) is 6.04 Å². The number of rotatable bonds is 1. The minimum atomic E-state index is 0.334. The van der Waals surface area contributed by atoms with Crippen LogP contribution in [0.2, 0.25) is 5.02 Å². The summed E-state index contributed by atoms with van der Waals surface area (Å²) < 4.78 is 0. The van der Waals surface area contributed by atoms with Crippen molar-refractivity contribution in [3.05, 3.63) is 70.5 Å². The van der Waals surface area contributed by atoms with E-state index in [9.17, 15) is 0 Å². The molecule has 1 aliphatic carbocycles. The van der Waals surface area contributed by atoms with Gasteiger partial charge in [-0.2, -0.15) is 0 Å². The van der Waals surface area contributed by atoms with E-state index >= 15 is 0 Å². The molecule has 2 nitrogen and oxygen atoms in total. The number of allylic oxidation sites excluding steroid dienone is 2. The molecule has 1 aliphatic heterocycles. The van der Waals surface area contributed by atoms with Gasteiger partial charge < -0.3 is 5.32 Å². The lowest BCUT2D eigenvalue weighted by molar-refractivity contribution is 0.425. The van der Waals surface area contributed by atoms with Gasteiger partial charge in [-0.25, -0.2) is 0 Å². The molecule has 0 bridgehead atoms. The van der Waals surface area contributed by atoms with Crippen LogP contribution in [-0.4, -0.2) is 4.98 Å². The Bertz CT molecular complexity index is 709. The van der Waals surface area contributed by atoms with Gasteiger partial charge in [-0.15, -0.1) is 0 Å². The lowest BCUT2D eigenvalue weighted by atomic mass is 9.76. The summed E-state index contributed by atoms with van der Waals surface area (Å²) in [5.74, 6) is 1.01. The molecule has 0 amide bonds. The Morgan fingerprint density at radius 2 is 2.05 bits per heavy atom. The number of pyridine rings is 1. The number of hydrogen-bond donors (Lipinski definition) is 1. The highest BCUT2D eigenvalue weighted by atomic mass is 35.5. The zero-order chi connectivity index (χ0) is 14.4. The van der Waals surface area contributed by atoms with E-state index in [1.165, 1.54) is 22.4 Å². The fraction of sp³-hybridized carbons (Fsp3) is 0.278. The molecule has 2 aromatic rings. The third-order valence-corrected chi connectivity index (χ3v) is 4.91. The van der Waals surface area contributed by atoms with Crippen molar-refractivity contribution in [3.8, 4) is 0 Å². The number of nitrogens with one attached hydrogen (secondary N) is 1. The van der Waals surface area contributed by atoms with Crippen molar-refractivity contribution >= 4 is 17.3 Å². The van der Waals surface area contributed by atoms with Crippen molar-refractivity contribution in [2.45, 2.75) is 25.3 Å². The highest BCUT2D eigenvalue weighted by Gasteiger charge is 2.38. The third-order valence-electron chi connectivity index (χ3n) is 4.70. The van der Waals surface area contributed by atoms with E-state index in [1.807, 2.05) is 18.5 Å². The van der Waals surface area contributed by atoms with E-state index in [0.717, 1.165) is 11.4 Å². The lowest BCUT2D eigenvalue weighted by Gasteiger charge is -2.38. The Hall–Kier alpha value is -1.80. The van der Waals surface area contributed by atoms with Crippen molar-refractivity contribution < 1.29 is 0 Å². The molecule has 1 N–H and O–H groups in total. The maximum Gasteiger partial charge on any atom is 0.0555 e. The first kappa shape index (κ1) is 12.9. The molecule has 3 atom stereocenters. The molecule has 21 heavy (non-hydrogen) atoms. The zero-order valence-electron chi connectivity index (χ0n) is 11.9. The van der Waals surface area contributed by atoms with Crippen LogP contribution in [0.5, 0.6) is 0 Å². The summed E-state index contributed by atoms with van der Waals surface area (Å²) in [5.41, 5.74) is 5.11. The highest BCUT2D eigenvalue weighted by Crippen LogP contribution is 2.51. The van der Waals surface area contributed by atoms with Crippen molar-refractivity contribution in [1.82, 2.24) is 4.98 Å². The molecule has 0 radical (unpaired) electrons. The van der Waals surface area contributed by atoms with Crippen LogP contribution >= 0.6 is 11.6 Å². The molecule has 3 heteroatoms. The van der Waals surface area contributed by atoms with Crippen LogP contribution in [0.3, 0.4) is 0 Å². The smallest absolute Gasteiger partial charge is 0.0555 e. The summed E-state index contributed by atoms with van der Waals surface area (Å²) in [7, 11) is 0. The average Bonchev–Trinajstić information content (AvgIpc) is 2.97. The second-order valence-corrected chi connectivity index (χ2v) is 6.38. The SMILES string of the molecule is Cc1cc(Cl)cc2c1N[C@H](c1ccncc1)[C@H]1CC=C[C@H]21. The molecule has 106 valence electrons. The second kappa shape index (κ2) is 4.88. The summed E-state index contributed by atoms with van der Waals surface area (Å²) in [6.45, 7) is 2.13. The Balaban J connectivity index is 1.84. The van der Waals surface area contributed by atoms with E-state index in [4.69, 9.17) is 11.6 Å². The predicted octanol–water partition coefficient (Wildman–Crippen LogP) is 4.87. The van der Waals surface area contributed by atoms with Gasteiger partial charge in [0.15, 0.2) is 0 Å². The Morgan fingerprint density at radius 1 is 1.24 bits per heavy atom. The normalized spacial score (nSPS) is 26.1. The lowest BCUT2D eigenvalue weighted by Crippen LogP contribution is -2.29. The monoisotopic (exact) mass is 296 g/mol. The first-order chi connectivity index (χ1) is 10.2. The van der Waals surface area contributed by atoms with Crippen LogP contribution in [0.15, 0.2) is 48.8 Å². The van der Waals surface area contributed by atoms with Crippen LogP contribution in [0.1, 0.15) is 35.1 Å². The molecular formula is C18H17ClN2. The summed E-state index contributed by atoms with van der Waals surface area (Å²) in [5, 5.41) is 4.58. The van der Waals surface area contributed by atoms with Gasteiger partial charge >= 0.3 is 0 Å². The molecule has 0 unspecified atom stereocenters. The second-order valence-electron chi connectivity index (χ2n) is 5.94. The summed E-state index contributed by atoms with van der Waals surface area (Å²) in [4.78, 5) is 4.14.